The van der Waals surface area contributed by atoms with Gasteiger partial charge in [-0.15, -0.1) is 0 Å². The molecule has 1 unspecified atom stereocenters. The molecule has 1 N–H and O–H groups in total. The predicted molar refractivity (Wildman–Crippen MR) is 129 cm³/mol. The van der Waals surface area contributed by atoms with Crippen molar-refractivity contribution in [3.8, 4) is 11.4 Å². The molecule has 178 valence electrons. The van der Waals surface area contributed by atoms with E-state index in [-0.39, 0.29) is 17.8 Å². The number of amides is 1. The molecule has 1 amide bonds. The van der Waals surface area contributed by atoms with Gasteiger partial charge >= 0.3 is 5.97 Å². The summed E-state index contributed by atoms with van der Waals surface area (Å²) in [7, 11) is 0. The molecule has 1 aliphatic heterocycles. The Morgan fingerprint density at radius 2 is 2.09 bits per heavy atom. The topological polar surface area (TPSA) is 97.6 Å². The van der Waals surface area contributed by atoms with E-state index in [2.05, 4.69) is 20.4 Å². The van der Waals surface area contributed by atoms with E-state index in [0.29, 0.717) is 47.7 Å². The molecule has 34 heavy (non-hydrogen) atoms. The molecule has 2 aromatic carbocycles. The normalized spacial score (nSPS) is 16.3. The molecule has 2 heterocycles. The van der Waals surface area contributed by atoms with Crippen molar-refractivity contribution in [3.63, 3.8) is 0 Å². The van der Waals surface area contributed by atoms with Gasteiger partial charge in [0.25, 0.3) is 0 Å². The second-order valence-electron chi connectivity index (χ2n) is 8.31. The molecule has 1 aromatic heterocycles. The Morgan fingerprint density at radius 1 is 1.26 bits per heavy atom. The number of aromatic nitrogens is 2. The van der Waals surface area contributed by atoms with Gasteiger partial charge in [0.05, 0.1) is 29.7 Å². The third kappa shape index (κ3) is 5.63. The number of nitrogens with one attached hydrogen (secondary N) is 1. The molecule has 1 aliphatic rings. The number of ether oxygens (including phenoxy) is 1. The molecule has 0 spiro atoms. The van der Waals surface area contributed by atoms with Crippen LogP contribution in [0.3, 0.4) is 0 Å². The Labute approximate surface area is 203 Å². The number of likely N-dealkylation sites (tertiary alicyclic amines) is 1. The first-order chi connectivity index (χ1) is 16.4. The van der Waals surface area contributed by atoms with Crippen molar-refractivity contribution in [1.29, 1.82) is 0 Å². The van der Waals surface area contributed by atoms with Gasteiger partial charge < -0.3 is 14.6 Å². The van der Waals surface area contributed by atoms with Crippen molar-refractivity contribution in [2.24, 2.45) is 5.92 Å². The van der Waals surface area contributed by atoms with Crippen LogP contribution >= 0.6 is 11.6 Å². The minimum Gasteiger partial charge on any atom is -0.462 e. The van der Waals surface area contributed by atoms with E-state index >= 15 is 0 Å². The number of carbonyl (C=O) groups is 2. The fourth-order valence-electron chi connectivity index (χ4n) is 4.06. The lowest BCUT2D eigenvalue weighted by Gasteiger charge is -2.31. The third-order valence-electron chi connectivity index (χ3n) is 5.81. The molecule has 9 heteroatoms. The second-order valence-corrected chi connectivity index (χ2v) is 8.71. The zero-order valence-corrected chi connectivity index (χ0v) is 20.0. The lowest BCUT2D eigenvalue weighted by atomic mass is 9.96. The molecule has 1 fully saturated rings. The highest BCUT2D eigenvalue weighted by Crippen LogP contribution is 2.26. The number of halogens is 1. The van der Waals surface area contributed by atoms with Gasteiger partial charge in [0.2, 0.25) is 17.6 Å². The maximum absolute atomic E-state index is 13.0. The number of benzene rings is 2. The van der Waals surface area contributed by atoms with Crippen LogP contribution in [0.25, 0.3) is 11.4 Å². The van der Waals surface area contributed by atoms with Crippen molar-refractivity contribution >= 4 is 29.2 Å². The van der Waals surface area contributed by atoms with Gasteiger partial charge in [-0.1, -0.05) is 28.9 Å². The number of hydrogen-bond donors (Lipinski definition) is 1. The summed E-state index contributed by atoms with van der Waals surface area (Å²) in [6.45, 7) is 5.85. The predicted octanol–water partition coefficient (Wildman–Crippen LogP) is 4.73. The average molecular weight is 483 g/mol. The number of carbonyl (C=O) groups excluding carboxylic acids is 2. The minimum atomic E-state index is -0.370. The van der Waals surface area contributed by atoms with Gasteiger partial charge in [-0.2, -0.15) is 4.98 Å². The summed E-state index contributed by atoms with van der Waals surface area (Å²) in [6, 6.07) is 12.5. The second kappa shape index (κ2) is 10.8. The van der Waals surface area contributed by atoms with E-state index in [1.165, 1.54) is 0 Å². The Bertz CT molecular complexity index is 1180. The smallest absolute Gasteiger partial charge is 0.338 e. The summed E-state index contributed by atoms with van der Waals surface area (Å²) < 4.78 is 10.5. The summed E-state index contributed by atoms with van der Waals surface area (Å²) in [5, 5.41) is 7.63. The van der Waals surface area contributed by atoms with E-state index < -0.39 is 0 Å². The van der Waals surface area contributed by atoms with Gasteiger partial charge in [0.1, 0.15) is 0 Å². The largest absolute Gasteiger partial charge is 0.462 e. The number of rotatable bonds is 7. The van der Waals surface area contributed by atoms with Crippen molar-refractivity contribution in [3.05, 3.63) is 64.5 Å². The van der Waals surface area contributed by atoms with Crippen LogP contribution in [-0.2, 0) is 16.1 Å². The fourth-order valence-corrected chi connectivity index (χ4v) is 4.28. The Balaban J connectivity index is 1.36. The maximum atomic E-state index is 13.0. The molecule has 1 atom stereocenters. The van der Waals surface area contributed by atoms with Crippen LogP contribution in [0.1, 0.15) is 41.6 Å². The molecule has 1 saturated heterocycles. The van der Waals surface area contributed by atoms with Crippen LogP contribution in [0.15, 0.2) is 47.0 Å². The number of esters is 1. The Morgan fingerprint density at radius 3 is 2.85 bits per heavy atom. The third-order valence-corrected chi connectivity index (χ3v) is 6.14. The quantitative estimate of drug-likeness (QED) is 0.486. The number of hydrogen-bond acceptors (Lipinski definition) is 7. The number of nitrogens with zero attached hydrogens (tertiary/aromatic N) is 3. The van der Waals surface area contributed by atoms with Crippen LogP contribution < -0.4 is 5.32 Å². The molecule has 8 nitrogen and oxygen atoms in total. The van der Waals surface area contributed by atoms with Gasteiger partial charge in [0, 0.05) is 17.8 Å². The molecule has 4 rings (SSSR count). The zero-order chi connectivity index (χ0) is 24.1. The fraction of sp³-hybridized carbons (Fsp3) is 0.360. The van der Waals surface area contributed by atoms with E-state index in [1.807, 2.05) is 25.1 Å². The number of piperidine rings is 1. The highest BCUT2D eigenvalue weighted by atomic mass is 35.5. The average Bonchev–Trinajstić information content (AvgIpc) is 3.29. The standard InChI is InChI=1S/C25H27ClN4O4/c1-3-33-25(32)17-10-11-21(16(2)13-17)27-24(31)18-7-6-12-30(14-18)15-22-28-23(29-34-22)19-8-4-5-9-20(19)26/h4-5,8-11,13,18H,3,6-7,12,14-15H2,1-2H3,(H,27,31). The van der Waals surface area contributed by atoms with E-state index in [9.17, 15) is 9.59 Å². The summed E-state index contributed by atoms with van der Waals surface area (Å²) >= 11 is 6.23. The van der Waals surface area contributed by atoms with Crippen LogP contribution in [0.2, 0.25) is 5.02 Å². The summed E-state index contributed by atoms with van der Waals surface area (Å²) in [5.74, 6) is 0.364. The molecular weight excluding hydrogens is 456 g/mol. The Kier molecular flexibility index (Phi) is 7.59. The van der Waals surface area contributed by atoms with Crippen molar-refractivity contribution in [2.75, 3.05) is 25.0 Å². The maximum Gasteiger partial charge on any atom is 0.338 e. The highest BCUT2D eigenvalue weighted by Gasteiger charge is 2.27. The first-order valence-electron chi connectivity index (χ1n) is 11.3. The molecule has 0 aliphatic carbocycles. The molecule has 3 aromatic rings. The van der Waals surface area contributed by atoms with Gasteiger partial charge in [-0.05, 0) is 69.1 Å². The first-order valence-corrected chi connectivity index (χ1v) is 11.7. The summed E-state index contributed by atoms with van der Waals surface area (Å²) in [5.41, 5.74) is 2.69. The molecule has 0 bridgehead atoms. The van der Waals surface area contributed by atoms with Gasteiger partial charge in [-0.3, -0.25) is 9.69 Å². The monoisotopic (exact) mass is 482 g/mol. The lowest BCUT2D eigenvalue weighted by Crippen LogP contribution is -2.40. The van der Waals surface area contributed by atoms with E-state index in [4.69, 9.17) is 20.9 Å². The van der Waals surface area contributed by atoms with Crippen LogP contribution in [0.4, 0.5) is 5.69 Å². The molecule has 0 saturated carbocycles. The number of aryl methyl sites for hydroxylation is 1. The van der Waals surface area contributed by atoms with Crippen LogP contribution in [0.5, 0.6) is 0 Å². The lowest BCUT2D eigenvalue weighted by molar-refractivity contribution is -0.121. The first kappa shape index (κ1) is 23.9. The van der Waals surface area contributed by atoms with Crippen LogP contribution in [-0.4, -0.2) is 46.6 Å². The van der Waals surface area contributed by atoms with Crippen LogP contribution in [0, 0.1) is 12.8 Å². The SMILES string of the molecule is CCOC(=O)c1ccc(NC(=O)C2CCCN(Cc3nc(-c4ccccc4Cl)no3)C2)c(C)c1. The minimum absolute atomic E-state index is 0.0426. The summed E-state index contributed by atoms with van der Waals surface area (Å²) in [4.78, 5) is 31.5. The molecular formula is C25H27ClN4O4. The van der Waals surface area contributed by atoms with E-state index in [1.54, 1.807) is 31.2 Å². The molecule has 0 radical (unpaired) electrons. The number of anilines is 1. The zero-order valence-electron chi connectivity index (χ0n) is 19.2. The van der Waals surface area contributed by atoms with Crippen molar-refractivity contribution in [1.82, 2.24) is 15.0 Å². The van der Waals surface area contributed by atoms with Crippen molar-refractivity contribution in [2.45, 2.75) is 33.2 Å². The van der Waals surface area contributed by atoms with Crippen molar-refractivity contribution < 1.29 is 18.8 Å². The Hall–Kier alpha value is -3.23. The van der Waals surface area contributed by atoms with E-state index in [0.717, 1.165) is 30.5 Å². The highest BCUT2D eigenvalue weighted by molar-refractivity contribution is 6.33. The van der Waals surface area contributed by atoms with Gasteiger partial charge in [0.15, 0.2) is 0 Å². The summed E-state index contributed by atoms with van der Waals surface area (Å²) in [6.07, 6.45) is 1.70. The van der Waals surface area contributed by atoms with Gasteiger partial charge in [-0.25, -0.2) is 4.79 Å².